The molecular weight excluding hydrogens is 262 g/mol. The number of benzene rings is 2. The van der Waals surface area contributed by atoms with Crippen molar-refractivity contribution in [2.45, 2.75) is 32.9 Å². The number of carbonyl (C=O) groups excluding carboxylic acids is 1. The van der Waals surface area contributed by atoms with Gasteiger partial charge in [0.15, 0.2) is 0 Å². The maximum Gasteiger partial charge on any atom is 0.251 e. The summed E-state index contributed by atoms with van der Waals surface area (Å²) in [4.78, 5) is 12.2. The smallest absolute Gasteiger partial charge is 0.251 e. The van der Waals surface area contributed by atoms with E-state index in [1.165, 1.54) is 0 Å². The Kier molecular flexibility index (Phi) is 4.99. The van der Waals surface area contributed by atoms with E-state index in [0.717, 1.165) is 11.3 Å². The third kappa shape index (κ3) is 4.35. The van der Waals surface area contributed by atoms with E-state index in [2.05, 4.69) is 5.32 Å². The Morgan fingerprint density at radius 2 is 1.57 bits per heavy atom. The fourth-order valence-electron chi connectivity index (χ4n) is 2.06. The van der Waals surface area contributed by atoms with Crippen LogP contribution in [0.15, 0.2) is 54.6 Å². The third-order valence-corrected chi connectivity index (χ3v) is 3.14. The number of amides is 1. The fraction of sp³-hybridized carbons (Fsp3) is 0.278. The topological polar surface area (TPSA) is 38.3 Å². The molecule has 2 aromatic rings. The van der Waals surface area contributed by atoms with Crippen molar-refractivity contribution >= 4 is 5.91 Å². The van der Waals surface area contributed by atoms with Crippen molar-refractivity contribution in [3.05, 3.63) is 65.7 Å². The number of rotatable bonds is 5. The summed E-state index contributed by atoms with van der Waals surface area (Å²) in [6, 6.07) is 17.1. The van der Waals surface area contributed by atoms with Crippen LogP contribution in [-0.2, 0) is 0 Å². The molecule has 21 heavy (non-hydrogen) atoms. The first kappa shape index (κ1) is 15.1. The second-order valence-electron chi connectivity index (χ2n) is 5.30. The molecule has 1 amide bonds. The first-order chi connectivity index (χ1) is 10.1. The molecule has 0 saturated carbocycles. The molecule has 0 aromatic heterocycles. The highest BCUT2D eigenvalue weighted by Crippen LogP contribution is 2.16. The Bertz CT molecular complexity index is 576. The zero-order valence-electron chi connectivity index (χ0n) is 12.7. The average molecular weight is 283 g/mol. The van der Waals surface area contributed by atoms with Gasteiger partial charge in [-0.25, -0.2) is 0 Å². The van der Waals surface area contributed by atoms with Crippen molar-refractivity contribution in [1.29, 1.82) is 0 Å². The van der Waals surface area contributed by atoms with Crippen molar-refractivity contribution in [2.75, 3.05) is 0 Å². The minimum atomic E-state index is -0.0811. The molecule has 110 valence electrons. The first-order valence-corrected chi connectivity index (χ1v) is 7.19. The minimum absolute atomic E-state index is 0.0229. The first-order valence-electron chi connectivity index (χ1n) is 7.19. The molecule has 3 nitrogen and oxygen atoms in total. The lowest BCUT2D eigenvalue weighted by atomic mass is 10.1. The number of hydrogen-bond acceptors (Lipinski definition) is 2. The van der Waals surface area contributed by atoms with Crippen molar-refractivity contribution in [1.82, 2.24) is 5.32 Å². The van der Waals surface area contributed by atoms with E-state index in [4.69, 9.17) is 4.74 Å². The van der Waals surface area contributed by atoms with Crippen LogP contribution in [0.2, 0.25) is 0 Å². The van der Waals surface area contributed by atoms with E-state index in [9.17, 15) is 4.79 Å². The highest BCUT2D eigenvalue weighted by Gasteiger charge is 2.11. The molecule has 0 aliphatic rings. The lowest BCUT2D eigenvalue weighted by molar-refractivity contribution is 0.0940. The highest BCUT2D eigenvalue weighted by molar-refractivity contribution is 5.94. The average Bonchev–Trinajstić information content (AvgIpc) is 2.48. The zero-order chi connectivity index (χ0) is 15.2. The van der Waals surface area contributed by atoms with E-state index in [-0.39, 0.29) is 18.1 Å². The number of carbonyl (C=O) groups is 1. The summed E-state index contributed by atoms with van der Waals surface area (Å²) in [5.41, 5.74) is 1.72. The summed E-state index contributed by atoms with van der Waals surface area (Å²) >= 11 is 0. The molecule has 0 spiro atoms. The summed E-state index contributed by atoms with van der Waals surface area (Å²) in [6.07, 6.45) is 0.128. The predicted molar refractivity (Wildman–Crippen MR) is 84.5 cm³/mol. The molecule has 0 fully saturated rings. The van der Waals surface area contributed by atoms with Gasteiger partial charge in [-0.1, -0.05) is 30.3 Å². The van der Waals surface area contributed by atoms with Gasteiger partial charge >= 0.3 is 0 Å². The van der Waals surface area contributed by atoms with Crippen molar-refractivity contribution in [3.8, 4) is 5.75 Å². The van der Waals surface area contributed by atoms with Crippen LogP contribution in [0.3, 0.4) is 0 Å². The number of nitrogens with one attached hydrogen (secondary N) is 1. The van der Waals surface area contributed by atoms with E-state index in [1.807, 2.05) is 63.2 Å². The molecule has 0 aliphatic carbocycles. The minimum Gasteiger partial charge on any atom is -0.491 e. The zero-order valence-corrected chi connectivity index (χ0v) is 12.7. The predicted octanol–water partition coefficient (Wildman–Crippen LogP) is 3.96. The van der Waals surface area contributed by atoms with Crippen LogP contribution in [0.4, 0.5) is 0 Å². The summed E-state index contributed by atoms with van der Waals surface area (Å²) in [6.45, 7) is 5.92. The van der Waals surface area contributed by atoms with Crippen molar-refractivity contribution in [3.63, 3.8) is 0 Å². The maximum atomic E-state index is 12.2. The van der Waals surface area contributed by atoms with Gasteiger partial charge in [-0.15, -0.1) is 0 Å². The second kappa shape index (κ2) is 6.93. The molecule has 0 aliphatic heterocycles. The molecule has 1 atom stereocenters. The van der Waals surface area contributed by atoms with Gasteiger partial charge in [0.1, 0.15) is 5.75 Å². The highest BCUT2D eigenvalue weighted by atomic mass is 16.5. The van der Waals surface area contributed by atoms with Crippen LogP contribution in [0.1, 0.15) is 42.7 Å². The van der Waals surface area contributed by atoms with Gasteiger partial charge in [0.25, 0.3) is 5.91 Å². The lowest BCUT2D eigenvalue weighted by Crippen LogP contribution is -2.26. The summed E-state index contributed by atoms with van der Waals surface area (Å²) in [5, 5.41) is 2.99. The Labute approximate surface area is 126 Å². The van der Waals surface area contributed by atoms with Crippen LogP contribution in [0.5, 0.6) is 5.75 Å². The Morgan fingerprint density at radius 1 is 0.952 bits per heavy atom. The molecule has 0 saturated heterocycles. The molecule has 1 N–H and O–H groups in total. The van der Waals surface area contributed by atoms with E-state index in [1.54, 1.807) is 12.1 Å². The largest absolute Gasteiger partial charge is 0.491 e. The molecule has 0 heterocycles. The quantitative estimate of drug-likeness (QED) is 0.901. The summed E-state index contributed by atoms with van der Waals surface area (Å²) < 4.78 is 5.57. The van der Waals surface area contributed by atoms with Crippen LogP contribution in [-0.4, -0.2) is 12.0 Å². The molecule has 2 rings (SSSR count). The SMILES string of the molecule is CC(C)Oc1ccc(C(=O)N[C@H](C)c2ccccc2)cc1. The Balaban J connectivity index is 2.00. The van der Waals surface area contributed by atoms with E-state index in [0.29, 0.717) is 5.56 Å². The second-order valence-corrected chi connectivity index (χ2v) is 5.30. The molecule has 0 bridgehead atoms. The van der Waals surface area contributed by atoms with Gasteiger partial charge in [0, 0.05) is 5.56 Å². The standard InChI is InChI=1S/C18H21NO2/c1-13(2)21-17-11-9-16(10-12-17)18(20)19-14(3)15-7-5-4-6-8-15/h4-14H,1-3H3,(H,19,20)/t14-/m1/s1. The monoisotopic (exact) mass is 283 g/mol. The van der Waals surface area contributed by atoms with Gasteiger partial charge in [-0.05, 0) is 50.6 Å². The van der Waals surface area contributed by atoms with Crippen LogP contribution < -0.4 is 10.1 Å². The van der Waals surface area contributed by atoms with Gasteiger partial charge < -0.3 is 10.1 Å². The molecule has 2 aromatic carbocycles. The Morgan fingerprint density at radius 3 is 2.14 bits per heavy atom. The molecule has 0 unspecified atom stereocenters. The summed E-state index contributed by atoms with van der Waals surface area (Å²) in [7, 11) is 0. The molecular formula is C18H21NO2. The lowest BCUT2D eigenvalue weighted by Gasteiger charge is -2.15. The Hall–Kier alpha value is -2.29. The van der Waals surface area contributed by atoms with Crippen LogP contribution in [0.25, 0.3) is 0 Å². The fourth-order valence-corrected chi connectivity index (χ4v) is 2.06. The van der Waals surface area contributed by atoms with Gasteiger partial charge in [0.2, 0.25) is 0 Å². The normalized spacial score (nSPS) is 12.0. The third-order valence-electron chi connectivity index (χ3n) is 3.14. The van der Waals surface area contributed by atoms with Gasteiger partial charge in [-0.2, -0.15) is 0 Å². The number of hydrogen-bond donors (Lipinski definition) is 1. The van der Waals surface area contributed by atoms with E-state index < -0.39 is 0 Å². The van der Waals surface area contributed by atoms with Gasteiger partial charge in [0.05, 0.1) is 12.1 Å². The van der Waals surface area contributed by atoms with Crippen LogP contribution >= 0.6 is 0 Å². The van der Waals surface area contributed by atoms with Crippen molar-refractivity contribution < 1.29 is 9.53 Å². The van der Waals surface area contributed by atoms with E-state index >= 15 is 0 Å². The number of ether oxygens (including phenoxy) is 1. The molecule has 0 radical (unpaired) electrons. The molecule has 3 heteroatoms. The summed E-state index contributed by atoms with van der Waals surface area (Å²) in [5.74, 6) is 0.695. The van der Waals surface area contributed by atoms with Gasteiger partial charge in [-0.3, -0.25) is 4.79 Å². The maximum absolute atomic E-state index is 12.2. The van der Waals surface area contributed by atoms with Crippen molar-refractivity contribution in [2.24, 2.45) is 0 Å². The van der Waals surface area contributed by atoms with Crippen LogP contribution in [0, 0.1) is 0 Å².